The van der Waals surface area contributed by atoms with Gasteiger partial charge in [-0.15, -0.1) is 0 Å². The number of benzene rings is 4. The topological polar surface area (TPSA) is 0 Å². The molecule has 0 saturated heterocycles. The Bertz CT molecular complexity index is 1610. The molecule has 0 saturated carbocycles. The van der Waals surface area contributed by atoms with E-state index in [9.17, 15) is 0 Å². The summed E-state index contributed by atoms with van der Waals surface area (Å²) >= 11 is -2.21. The van der Waals surface area contributed by atoms with Gasteiger partial charge in [0.2, 0.25) is 0 Å². The molecule has 225 valence electrons. The van der Waals surface area contributed by atoms with Crippen molar-refractivity contribution in [1.29, 1.82) is 0 Å². The molecule has 0 fully saturated rings. The van der Waals surface area contributed by atoms with Crippen LogP contribution in [0.2, 0.25) is 13.1 Å². The summed E-state index contributed by atoms with van der Waals surface area (Å²) in [5.74, 6) is 0.147. The van der Waals surface area contributed by atoms with E-state index in [1.165, 1.54) is 44.5 Å². The van der Waals surface area contributed by atoms with Gasteiger partial charge >= 0.3 is 277 Å². The summed E-state index contributed by atoms with van der Waals surface area (Å²) in [6.45, 7) is 19.8. The molecule has 0 aromatic heterocycles. The van der Waals surface area contributed by atoms with Gasteiger partial charge in [-0.1, -0.05) is 0 Å². The zero-order chi connectivity index (χ0) is 31.1. The molecule has 0 amide bonds. The first-order valence-electron chi connectivity index (χ1n) is 17.0. The molecule has 0 N–H and O–H groups in total. The van der Waals surface area contributed by atoms with Crippen molar-refractivity contribution in [1.82, 2.24) is 0 Å². The molecule has 0 heterocycles. The van der Waals surface area contributed by atoms with Crippen LogP contribution in [-0.4, -0.2) is 5.92 Å². The van der Waals surface area contributed by atoms with Crippen LogP contribution in [0.5, 0.6) is 0 Å². The van der Waals surface area contributed by atoms with Gasteiger partial charge in [-0.2, -0.15) is 0 Å². The number of hydrogen-bond donors (Lipinski definition) is 0. The van der Waals surface area contributed by atoms with E-state index in [2.05, 4.69) is 152 Å². The van der Waals surface area contributed by atoms with Crippen molar-refractivity contribution in [2.24, 2.45) is 11.8 Å². The normalized spacial score (nSPS) is 17.2. The van der Waals surface area contributed by atoms with Crippen LogP contribution in [0.3, 0.4) is 0 Å². The van der Waals surface area contributed by atoms with Gasteiger partial charge in [0.1, 0.15) is 0 Å². The predicted octanol–water partition coefficient (Wildman–Crippen LogP) is 11.6. The Labute approximate surface area is 275 Å². The zero-order valence-electron chi connectivity index (χ0n) is 28.0. The summed E-state index contributed by atoms with van der Waals surface area (Å²) in [7, 11) is 0. The van der Waals surface area contributed by atoms with E-state index in [4.69, 9.17) is 0 Å². The van der Waals surface area contributed by atoms with Gasteiger partial charge in [0.15, 0.2) is 0 Å². The van der Waals surface area contributed by atoms with Gasteiger partial charge in [0, 0.05) is 0 Å². The van der Waals surface area contributed by atoms with E-state index in [1.807, 2.05) is 0 Å². The molecule has 44 heavy (non-hydrogen) atoms. The molecule has 0 nitrogen and oxygen atoms in total. The summed E-state index contributed by atoms with van der Waals surface area (Å²) in [4.78, 5) is 0. The third kappa shape index (κ3) is 5.45. The van der Waals surface area contributed by atoms with Crippen LogP contribution in [0.1, 0.15) is 82.2 Å². The minimum atomic E-state index is -2.21. The first-order chi connectivity index (χ1) is 21.3. The number of hydrogen-bond acceptors (Lipinski definition) is 0. The third-order valence-corrected chi connectivity index (χ3v) is 31.8. The fourth-order valence-electron chi connectivity index (χ4n) is 8.08. The number of allylic oxidation sites excluding steroid dienone is 2. The molecule has 2 heteroatoms. The average molecular weight is 673 g/mol. The molecular weight excluding hydrogens is 624 g/mol. The van der Waals surface area contributed by atoms with E-state index in [1.54, 1.807) is 22.3 Å². The standard InChI is InChI=1S/2C20H21.C2H7Si.Zr/c2*1-4-15-8-5-6-10-18(15)19-11-7-9-16-12-17(14(2)3)13-20(16)19;1-3-2;/h2*5-14H,4H2,1-3H3;3H,1-2H3;. The van der Waals surface area contributed by atoms with Crippen LogP contribution in [0, 0.1) is 11.8 Å². The Morgan fingerprint density at radius 1 is 0.545 bits per heavy atom. The Morgan fingerprint density at radius 2 is 0.932 bits per heavy atom. The van der Waals surface area contributed by atoms with Crippen molar-refractivity contribution in [3.05, 3.63) is 129 Å². The summed E-state index contributed by atoms with van der Waals surface area (Å²) in [5.41, 5.74) is 18.4. The van der Waals surface area contributed by atoms with Crippen molar-refractivity contribution in [2.45, 2.75) is 74.7 Å². The van der Waals surface area contributed by atoms with Gasteiger partial charge in [-0.25, -0.2) is 0 Å². The fraction of sp³-hybridized carbons (Fsp3) is 0.333. The van der Waals surface area contributed by atoms with E-state index >= 15 is 0 Å². The van der Waals surface area contributed by atoms with Crippen LogP contribution in [0.25, 0.3) is 34.4 Å². The van der Waals surface area contributed by atoms with Gasteiger partial charge < -0.3 is 0 Å². The molecule has 2 aliphatic rings. The molecule has 4 aromatic carbocycles. The maximum absolute atomic E-state index is 2.70. The second-order valence-corrected chi connectivity index (χ2v) is 33.8. The number of rotatable bonds is 9. The molecule has 0 bridgehead atoms. The summed E-state index contributed by atoms with van der Waals surface area (Å²) in [6, 6.07) is 32.7. The van der Waals surface area contributed by atoms with E-state index in [-0.39, 0.29) is 0 Å². The Hall–Kier alpha value is -2.54. The number of aryl methyl sites for hydroxylation is 2. The van der Waals surface area contributed by atoms with Crippen molar-refractivity contribution >= 4 is 18.1 Å². The predicted molar refractivity (Wildman–Crippen MR) is 193 cm³/mol. The third-order valence-electron chi connectivity index (χ3n) is 10.2. The molecule has 0 aliphatic heterocycles. The van der Waals surface area contributed by atoms with Crippen LogP contribution in [-0.2, 0) is 33.8 Å². The van der Waals surface area contributed by atoms with Crippen molar-refractivity contribution < 1.29 is 20.9 Å². The van der Waals surface area contributed by atoms with Crippen LogP contribution in [0.15, 0.2) is 96.1 Å². The molecule has 0 spiro atoms. The van der Waals surface area contributed by atoms with Gasteiger partial charge in [0.05, 0.1) is 0 Å². The van der Waals surface area contributed by atoms with Gasteiger partial charge in [0.25, 0.3) is 0 Å². The summed E-state index contributed by atoms with van der Waals surface area (Å²) in [5, 5.41) is 0. The molecular formula is C42H49SiZr. The molecule has 0 radical (unpaired) electrons. The molecule has 2 aliphatic carbocycles. The monoisotopic (exact) mass is 671 g/mol. The Morgan fingerprint density at radius 3 is 1.30 bits per heavy atom. The maximum atomic E-state index is 2.70. The van der Waals surface area contributed by atoms with E-state index in [0.717, 1.165) is 12.8 Å². The number of fused-ring (bicyclic) bond motifs is 2. The quantitative estimate of drug-likeness (QED) is 0.155. The summed E-state index contributed by atoms with van der Waals surface area (Å²) in [6.07, 6.45) is 7.45. The second-order valence-electron chi connectivity index (χ2n) is 13.8. The van der Waals surface area contributed by atoms with E-state index in [0.29, 0.717) is 19.1 Å². The average Bonchev–Trinajstić information content (AvgIpc) is 3.61. The summed E-state index contributed by atoms with van der Waals surface area (Å²) < 4.78 is 1.30. The van der Waals surface area contributed by atoms with Crippen molar-refractivity contribution in [3.8, 4) is 22.3 Å². The minimum absolute atomic E-state index is 0.556. The fourth-order valence-corrected chi connectivity index (χ4v) is 31.4. The molecule has 4 aromatic rings. The molecule has 2 atom stereocenters. The molecule has 6 rings (SSSR count). The second kappa shape index (κ2) is 13.1. The first kappa shape index (κ1) is 31.4. The Balaban J connectivity index is 1.55. The SMILES string of the molecule is CCc1ccccc1-c1cccc2c1C=C(C(C)C)[CH]2[Zr]([CH]1C(C(C)C)=Cc2c(-c3ccccc3CC)cccc21)[SiH](C)C. The molecule has 2 unspecified atom stereocenters. The van der Waals surface area contributed by atoms with Crippen LogP contribution >= 0.6 is 0 Å². The van der Waals surface area contributed by atoms with E-state index < -0.39 is 26.8 Å². The Kier molecular flexibility index (Phi) is 9.33. The first-order valence-corrected chi connectivity index (χ1v) is 27.0. The van der Waals surface area contributed by atoms with Gasteiger partial charge in [-0.05, 0) is 0 Å². The van der Waals surface area contributed by atoms with Gasteiger partial charge in [-0.3, -0.25) is 0 Å². The van der Waals surface area contributed by atoms with Crippen molar-refractivity contribution in [3.63, 3.8) is 0 Å². The van der Waals surface area contributed by atoms with Crippen LogP contribution in [0.4, 0.5) is 0 Å². The zero-order valence-corrected chi connectivity index (χ0v) is 31.7. The van der Waals surface area contributed by atoms with Crippen LogP contribution < -0.4 is 0 Å². The van der Waals surface area contributed by atoms with Crippen molar-refractivity contribution in [2.75, 3.05) is 0 Å².